The molecule has 152 valence electrons. The van der Waals surface area contributed by atoms with Crippen molar-refractivity contribution in [3.05, 3.63) is 18.2 Å². The molecular weight excluding hydrogens is 346 g/mol. The zero-order valence-electron chi connectivity index (χ0n) is 16.7. The molecule has 0 saturated heterocycles. The Morgan fingerprint density at radius 1 is 1.41 bits per heavy atom. The molecule has 27 heavy (non-hydrogen) atoms. The molecule has 1 fully saturated rings. The summed E-state index contributed by atoms with van der Waals surface area (Å²) < 4.78 is 7.30. The number of aromatic nitrogens is 2. The van der Waals surface area contributed by atoms with Crippen molar-refractivity contribution in [1.82, 2.24) is 14.9 Å². The summed E-state index contributed by atoms with van der Waals surface area (Å²) >= 11 is 0. The number of nitrogens with zero attached hydrogens (tertiary/aromatic N) is 2. The fraction of sp³-hybridized carbons (Fsp3) is 0.750. The molecule has 1 heterocycles. The van der Waals surface area contributed by atoms with Gasteiger partial charge in [0.1, 0.15) is 11.9 Å². The summed E-state index contributed by atoms with van der Waals surface area (Å²) in [6.07, 6.45) is 9.85. The number of aliphatic hydroxyl groups is 1. The summed E-state index contributed by atoms with van der Waals surface area (Å²) in [6.45, 7) is 5.95. The van der Waals surface area contributed by atoms with E-state index in [4.69, 9.17) is 4.74 Å². The molecule has 0 aliphatic heterocycles. The number of imidazole rings is 1. The largest absolute Gasteiger partial charge is 0.444 e. The number of nitrogens with one attached hydrogen (secondary N) is 1. The molecule has 0 radical (unpaired) electrons. The molecule has 0 aromatic carbocycles. The van der Waals surface area contributed by atoms with Crippen molar-refractivity contribution in [3.63, 3.8) is 0 Å². The third-order valence-electron chi connectivity index (χ3n) is 4.83. The second-order valence-corrected chi connectivity index (χ2v) is 8.45. The molecule has 1 atom stereocenters. The van der Waals surface area contributed by atoms with E-state index in [9.17, 15) is 14.7 Å². The normalized spacial score (nSPS) is 21.5. The van der Waals surface area contributed by atoms with Crippen LogP contribution in [0.15, 0.2) is 12.5 Å². The van der Waals surface area contributed by atoms with Crippen molar-refractivity contribution in [2.45, 2.75) is 83.5 Å². The first-order valence-corrected chi connectivity index (χ1v) is 9.89. The highest BCUT2D eigenvalue weighted by Gasteiger charge is 2.21. The summed E-state index contributed by atoms with van der Waals surface area (Å²) in [7, 11) is 0. The smallest absolute Gasteiger partial charge is 0.407 e. The second kappa shape index (κ2) is 9.88. The number of hydrogen-bond acceptors (Lipinski definition) is 5. The van der Waals surface area contributed by atoms with Gasteiger partial charge < -0.3 is 24.5 Å². The lowest BCUT2D eigenvalue weighted by molar-refractivity contribution is -0.111. The third kappa shape index (κ3) is 7.71. The highest BCUT2D eigenvalue weighted by molar-refractivity contribution is 5.67. The van der Waals surface area contributed by atoms with E-state index in [-0.39, 0.29) is 12.0 Å². The van der Waals surface area contributed by atoms with Crippen LogP contribution in [0, 0.1) is 5.92 Å². The first kappa shape index (κ1) is 21.4. The number of aldehydes is 1. The van der Waals surface area contributed by atoms with Crippen molar-refractivity contribution < 1.29 is 19.4 Å². The summed E-state index contributed by atoms with van der Waals surface area (Å²) in [5, 5.41) is 12.3. The number of ether oxygens (including phenoxy) is 1. The monoisotopic (exact) mass is 379 g/mol. The van der Waals surface area contributed by atoms with E-state index in [1.165, 1.54) is 0 Å². The van der Waals surface area contributed by atoms with Crippen LogP contribution >= 0.6 is 0 Å². The zero-order valence-corrected chi connectivity index (χ0v) is 16.7. The maximum atomic E-state index is 11.6. The molecule has 2 N–H and O–H groups in total. The van der Waals surface area contributed by atoms with Crippen molar-refractivity contribution in [2.75, 3.05) is 6.54 Å². The number of amides is 1. The van der Waals surface area contributed by atoms with Crippen LogP contribution in [0.2, 0.25) is 0 Å². The van der Waals surface area contributed by atoms with Crippen LogP contribution in [0.5, 0.6) is 0 Å². The molecule has 1 aliphatic rings. The van der Waals surface area contributed by atoms with Crippen molar-refractivity contribution in [2.24, 2.45) is 5.92 Å². The Hall–Kier alpha value is -1.89. The van der Waals surface area contributed by atoms with Gasteiger partial charge in [0.25, 0.3) is 0 Å². The molecule has 1 amide bonds. The van der Waals surface area contributed by atoms with Crippen LogP contribution in [0.4, 0.5) is 4.79 Å². The molecule has 0 bridgehead atoms. The lowest BCUT2D eigenvalue weighted by atomic mass is 9.93. The van der Waals surface area contributed by atoms with E-state index in [0.717, 1.165) is 37.7 Å². The summed E-state index contributed by atoms with van der Waals surface area (Å²) in [4.78, 5) is 27.4. The van der Waals surface area contributed by atoms with Crippen molar-refractivity contribution in [3.8, 4) is 0 Å². The van der Waals surface area contributed by atoms with Gasteiger partial charge in [0.15, 0.2) is 0 Å². The zero-order chi connectivity index (χ0) is 19.9. The fourth-order valence-electron chi connectivity index (χ4n) is 3.40. The Morgan fingerprint density at radius 2 is 2.11 bits per heavy atom. The number of rotatable bonds is 8. The Bertz CT molecular complexity index is 601. The first-order valence-electron chi connectivity index (χ1n) is 9.89. The summed E-state index contributed by atoms with van der Waals surface area (Å²) in [6, 6.07) is 0.391. The molecule has 2 rings (SSSR count). The minimum Gasteiger partial charge on any atom is -0.444 e. The van der Waals surface area contributed by atoms with Crippen LogP contribution in [-0.4, -0.2) is 45.3 Å². The van der Waals surface area contributed by atoms with Gasteiger partial charge in [-0.25, -0.2) is 9.78 Å². The molecule has 1 aromatic rings. The van der Waals surface area contributed by atoms with Crippen LogP contribution in [0.1, 0.15) is 71.0 Å². The quantitative estimate of drug-likeness (QED) is 0.535. The predicted octanol–water partition coefficient (Wildman–Crippen LogP) is 3.02. The maximum absolute atomic E-state index is 11.6. The highest BCUT2D eigenvalue weighted by atomic mass is 16.6. The average molecular weight is 380 g/mol. The van der Waals surface area contributed by atoms with Gasteiger partial charge in [0, 0.05) is 31.1 Å². The van der Waals surface area contributed by atoms with Gasteiger partial charge in [-0.3, -0.25) is 0 Å². The molecule has 1 aromatic heterocycles. The number of carbonyl (C=O) groups excluding carboxylic acids is 2. The fourth-order valence-corrected chi connectivity index (χ4v) is 3.40. The van der Waals surface area contributed by atoms with E-state index < -0.39 is 11.7 Å². The van der Waals surface area contributed by atoms with Crippen molar-refractivity contribution in [1.29, 1.82) is 0 Å². The molecule has 0 spiro atoms. The SMILES string of the molecule is CC(C)(C)OC(=O)NCCCC(C=O)Cc1cn(C2CCC(O)CC2)cn1. The standard InChI is InChI=1S/C20H33N3O4/c1-20(2,3)27-19(26)21-10-4-5-15(13-24)11-16-12-23(14-22-16)17-6-8-18(25)9-7-17/h12-15,17-18,25H,4-11H2,1-3H3,(H,21,26). The first-order chi connectivity index (χ1) is 12.8. The maximum Gasteiger partial charge on any atom is 0.407 e. The van der Waals surface area contributed by atoms with Crippen molar-refractivity contribution >= 4 is 12.4 Å². The minimum atomic E-state index is -0.509. The van der Waals surface area contributed by atoms with E-state index in [2.05, 4.69) is 14.9 Å². The Morgan fingerprint density at radius 3 is 2.74 bits per heavy atom. The number of aliphatic hydroxyl groups excluding tert-OH is 1. The third-order valence-corrected chi connectivity index (χ3v) is 4.83. The van der Waals surface area contributed by atoms with Crippen LogP contribution in [0.25, 0.3) is 0 Å². The number of alkyl carbamates (subject to hydrolysis) is 1. The lowest BCUT2D eigenvalue weighted by Crippen LogP contribution is -2.33. The number of hydrogen-bond donors (Lipinski definition) is 2. The van der Waals surface area contributed by atoms with E-state index in [1.54, 1.807) is 0 Å². The topological polar surface area (TPSA) is 93.5 Å². The minimum absolute atomic E-state index is 0.109. The van der Waals surface area contributed by atoms with Crippen LogP contribution in [-0.2, 0) is 16.0 Å². The molecule has 1 unspecified atom stereocenters. The van der Waals surface area contributed by atoms with Gasteiger partial charge in [-0.05, 0) is 59.3 Å². The average Bonchev–Trinajstić information content (AvgIpc) is 3.05. The van der Waals surface area contributed by atoms with E-state index in [0.29, 0.717) is 31.8 Å². The Balaban J connectivity index is 1.72. The van der Waals surface area contributed by atoms with E-state index in [1.807, 2.05) is 33.3 Å². The Labute approximate surface area is 161 Å². The van der Waals surface area contributed by atoms with Gasteiger partial charge in [-0.2, -0.15) is 0 Å². The van der Waals surface area contributed by atoms with Gasteiger partial charge in [0.05, 0.1) is 18.1 Å². The molecule has 7 nitrogen and oxygen atoms in total. The van der Waals surface area contributed by atoms with Gasteiger partial charge in [-0.1, -0.05) is 0 Å². The van der Waals surface area contributed by atoms with Gasteiger partial charge in [-0.15, -0.1) is 0 Å². The highest BCUT2D eigenvalue weighted by Crippen LogP contribution is 2.28. The number of carbonyl (C=O) groups is 2. The van der Waals surface area contributed by atoms with E-state index >= 15 is 0 Å². The molecule has 1 saturated carbocycles. The van der Waals surface area contributed by atoms with Crippen LogP contribution in [0.3, 0.4) is 0 Å². The summed E-state index contributed by atoms with van der Waals surface area (Å²) in [5.41, 5.74) is 0.406. The molecular formula is C20H33N3O4. The van der Waals surface area contributed by atoms with Crippen LogP contribution < -0.4 is 5.32 Å². The van der Waals surface area contributed by atoms with Gasteiger partial charge in [0.2, 0.25) is 0 Å². The molecule has 7 heteroatoms. The molecule has 1 aliphatic carbocycles. The Kier molecular flexibility index (Phi) is 7.83. The lowest BCUT2D eigenvalue weighted by Gasteiger charge is -2.26. The van der Waals surface area contributed by atoms with Gasteiger partial charge >= 0.3 is 6.09 Å². The predicted molar refractivity (Wildman–Crippen MR) is 102 cm³/mol. The summed E-state index contributed by atoms with van der Waals surface area (Å²) in [5.74, 6) is -0.109. The second-order valence-electron chi connectivity index (χ2n) is 8.45.